The van der Waals surface area contributed by atoms with Gasteiger partial charge in [0.05, 0.1) is 82.9 Å². The average Bonchev–Trinajstić information content (AvgIpc) is 4.31. The van der Waals surface area contributed by atoms with Crippen LogP contribution in [-0.2, 0) is 12.8 Å². The van der Waals surface area contributed by atoms with Crippen LogP contribution in [-0.4, -0.2) is 77.4 Å². The van der Waals surface area contributed by atoms with Gasteiger partial charge in [-0.3, -0.25) is 24.1 Å². The summed E-state index contributed by atoms with van der Waals surface area (Å²) in [6.45, 7) is 3.16. The Morgan fingerprint density at radius 1 is 0.549 bits per heavy atom. The zero-order valence-electron chi connectivity index (χ0n) is 44.1. The Morgan fingerprint density at radius 2 is 0.951 bits per heavy atom. The highest BCUT2D eigenvalue weighted by molar-refractivity contribution is 6.30. The molecule has 82 heavy (non-hydrogen) atoms. The first-order valence-corrected chi connectivity index (χ1v) is 26.0. The quantitative estimate of drug-likeness (QED) is 0.0533. The number of carbonyl (C=O) groups excluding carboxylic acids is 2. The highest BCUT2D eigenvalue weighted by Crippen LogP contribution is 2.32. The molecule has 0 bridgehead atoms. The number of nitrogens with zero attached hydrogens (tertiary/aromatic N) is 7. The van der Waals surface area contributed by atoms with Crippen molar-refractivity contribution in [2.24, 2.45) is 0 Å². The van der Waals surface area contributed by atoms with Crippen LogP contribution in [0.2, 0.25) is 10.0 Å². The fourth-order valence-corrected chi connectivity index (χ4v) is 10.4. The number of amides is 2. The molecular formula is C60H49Cl2F6N7O7. The maximum absolute atomic E-state index is 14.5. The third kappa shape index (κ3) is 12.1. The average molecular weight is 1160 g/mol. The van der Waals surface area contributed by atoms with Crippen molar-refractivity contribution in [1.82, 2.24) is 33.1 Å². The number of hydrogen-bond acceptors (Lipinski definition) is 9. The number of hydrogen-bond donors (Lipinski definition) is 1. The molecule has 9 aromatic rings. The van der Waals surface area contributed by atoms with E-state index < -0.39 is 69.9 Å². The number of aliphatic hydroxyl groups is 1. The second kappa shape index (κ2) is 24.6. The number of imide groups is 1. The molecular weight excluding hydrogens is 1120 g/mol. The van der Waals surface area contributed by atoms with Crippen molar-refractivity contribution in [3.8, 4) is 22.9 Å². The van der Waals surface area contributed by atoms with Crippen LogP contribution in [0, 0.1) is 48.8 Å². The number of imidazole rings is 2. The molecule has 0 radical (unpaired) electrons. The van der Waals surface area contributed by atoms with Gasteiger partial charge in [-0.25, -0.2) is 36.3 Å². The van der Waals surface area contributed by atoms with Gasteiger partial charge in [0.2, 0.25) is 0 Å². The van der Waals surface area contributed by atoms with E-state index in [2.05, 4.69) is 9.97 Å². The summed E-state index contributed by atoms with van der Waals surface area (Å²) in [7, 11) is 3.07. The number of pyridine rings is 2. The first-order valence-electron chi connectivity index (χ1n) is 25.3. The predicted octanol–water partition coefficient (Wildman–Crippen LogP) is 11.3. The molecule has 5 heterocycles. The Kier molecular flexibility index (Phi) is 17.4. The fourth-order valence-electron chi connectivity index (χ4n) is 9.88. The lowest BCUT2D eigenvalue weighted by Gasteiger charge is -2.24. The molecule has 1 aliphatic rings. The molecule has 4 aromatic heterocycles. The summed E-state index contributed by atoms with van der Waals surface area (Å²) in [5.74, 6) is -8.89. The number of aromatic nitrogens is 6. The van der Waals surface area contributed by atoms with Gasteiger partial charge in [0.25, 0.3) is 22.9 Å². The zero-order valence-corrected chi connectivity index (χ0v) is 45.7. The van der Waals surface area contributed by atoms with Crippen LogP contribution in [0.5, 0.6) is 11.5 Å². The molecule has 422 valence electrons. The van der Waals surface area contributed by atoms with E-state index in [1.54, 1.807) is 44.0 Å². The summed E-state index contributed by atoms with van der Waals surface area (Å²) in [6, 6.07) is 21.4. The zero-order chi connectivity index (χ0) is 58.7. The molecule has 10 rings (SSSR count). The van der Waals surface area contributed by atoms with Gasteiger partial charge in [0.1, 0.15) is 11.5 Å². The monoisotopic (exact) mass is 1160 g/mol. The van der Waals surface area contributed by atoms with Gasteiger partial charge in [-0.1, -0.05) is 47.5 Å². The van der Waals surface area contributed by atoms with Gasteiger partial charge >= 0.3 is 0 Å². The van der Waals surface area contributed by atoms with Gasteiger partial charge in [-0.2, -0.15) is 0 Å². The molecule has 0 spiro atoms. The molecule has 0 saturated carbocycles. The summed E-state index contributed by atoms with van der Waals surface area (Å²) in [5, 5.41) is 9.94. The molecule has 2 unspecified atom stereocenters. The van der Waals surface area contributed by atoms with Crippen molar-refractivity contribution in [3.05, 3.63) is 256 Å². The normalized spacial score (nSPS) is 12.8. The van der Waals surface area contributed by atoms with E-state index in [1.807, 2.05) is 59.6 Å². The molecule has 0 fully saturated rings. The van der Waals surface area contributed by atoms with E-state index >= 15 is 0 Å². The van der Waals surface area contributed by atoms with Crippen LogP contribution < -0.4 is 20.6 Å². The molecule has 1 aliphatic heterocycles. The number of halogens is 8. The lowest BCUT2D eigenvalue weighted by molar-refractivity contribution is 0.0648. The SMILES string of the molecule is COc1cc(Cc2cc(Cl)cn(C(CCN3C(=O)c4ccccc4C3=O)c3cc(F)c(F)c(F)c3)c2=O)ccc1-n1cnc(C)c1.COc1cc(Cc2cc(Cl)cn(C(CCO)c3cc(F)c(F)c(F)c3)c2=O)ccc1-n1cnc(C)c1. The molecule has 22 heteroatoms. The molecule has 1 N–H and O–H groups in total. The Labute approximate surface area is 474 Å². The fraction of sp³-hybridized carbons (Fsp3) is 0.200. The van der Waals surface area contributed by atoms with Crippen molar-refractivity contribution in [2.45, 2.75) is 51.6 Å². The van der Waals surface area contributed by atoms with E-state index in [0.29, 0.717) is 22.6 Å². The summed E-state index contributed by atoms with van der Waals surface area (Å²) < 4.78 is 101. The maximum atomic E-state index is 14.5. The minimum absolute atomic E-state index is 0.00239. The lowest BCUT2D eigenvalue weighted by Crippen LogP contribution is -2.34. The number of aryl methyl sites for hydroxylation is 2. The van der Waals surface area contributed by atoms with Crippen molar-refractivity contribution in [1.29, 1.82) is 0 Å². The van der Waals surface area contributed by atoms with Crippen LogP contribution in [0.15, 0.2) is 144 Å². The molecule has 5 aromatic carbocycles. The van der Waals surface area contributed by atoms with Crippen LogP contribution >= 0.6 is 23.2 Å². The van der Waals surface area contributed by atoms with Crippen molar-refractivity contribution >= 4 is 35.0 Å². The molecule has 2 atom stereocenters. The minimum atomic E-state index is -1.66. The van der Waals surface area contributed by atoms with E-state index in [9.17, 15) is 50.6 Å². The van der Waals surface area contributed by atoms with Gasteiger partial charge in [0, 0.05) is 61.9 Å². The second-order valence-corrected chi connectivity index (χ2v) is 20.1. The van der Waals surface area contributed by atoms with Crippen molar-refractivity contribution in [3.63, 3.8) is 0 Å². The Bertz CT molecular complexity index is 3970. The Morgan fingerprint density at radius 3 is 1.32 bits per heavy atom. The van der Waals surface area contributed by atoms with Gasteiger partial charge in [-0.05, 0) is 122 Å². The number of benzene rings is 5. The largest absolute Gasteiger partial charge is 0.495 e. The second-order valence-electron chi connectivity index (χ2n) is 19.2. The van der Waals surface area contributed by atoms with E-state index in [-0.39, 0.29) is 76.7 Å². The molecule has 14 nitrogen and oxygen atoms in total. The summed E-state index contributed by atoms with van der Waals surface area (Å²) >= 11 is 12.8. The first kappa shape index (κ1) is 58.0. The topological polar surface area (TPSA) is 156 Å². The van der Waals surface area contributed by atoms with Gasteiger partial charge in [0.15, 0.2) is 34.9 Å². The maximum Gasteiger partial charge on any atom is 0.261 e. The Hall–Kier alpha value is -8.72. The number of ether oxygens (including phenoxy) is 2. The van der Waals surface area contributed by atoms with E-state index in [1.165, 1.54) is 52.9 Å². The molecule has 0 aliphatic carbocycles. The minimum Gasteiger partial charge on any atom is -0.495 e. The highest BCUT2D eigenvalue weighted by atomic mass is 35.5. The standard InChI is InChI=1S/C34H26ClF3N4O4.C26H23ClF3N3O3/c1-19-16-40(18-39-19)29-8-7-20(12-30(29)46-2)11-22-13-23(35)17-42(32(22)43)28(21-14-26(36)31(38)27(37)15-21)9-10-41-33(44)24-5-3-4-6-25(24)34(41)45;1-15-12-32(14-31-15)23-4-3-16(8-24(23)36-2)7-18-9-19(27)13-33(26(18)35)22(5-6-34)17-10-20(28)25(30)21(29)11-17/h3-8,12-18,28H,9-11H2,1-2H3;3-4,8-14,22,34H,5-7H2,1-2H3. The lowest BCUT2D eigenvalue weighted by atomic mass is 10.0. The number of fused-ring (bicyclic) bond motifs is 1. The summed E-state index contributed by atoms with van der Waals surface area (Å²) in [6.07, 6.45) is 9.82. The van der Waals surface area contributed by atoms with E-state index in [4.69, 9.17) is 32.7 Å². The van der Waals surface area contributed by atoms with Crippen molar-refractivity contribution < 1.29 is 50.5 Å². The number of carbonyl (C=O) groups is 2. The smallest absolute Gasteiger partial charge is 0.261 e. The number of rotatable bonds is 17. The Balaban J connectivity index is 0.000000204. The van der Waals surface area contributed by atoms with Crippen LogP contribution in [0.25, 0.3) is 11.4 Å². The number of methoxy groups -OCH3 is 2. The summed E-state index contributed by atoms with van der Waals surface area (Å²) in [5.41, 5.74) is 4.62. The van der Waals surface area contributed by atoms with Gasteiger partial charge < -0.3 is 32.8 Å². The van der Waals surface area contributed by atoms with Crippen LogP contribution in [0.1, 0.15) is 90.4 Å². The third-order valence-corrected chi connectivity index (χ3v) is 14.2. The van der Waals surface area contributed by atoms with Crippen LogP contribution in [0.4, 0.5) is 26.3 Å². The van der Waals surface area contributed by atoms with Crippen molar-refractivity contribution in [2.75, 3.05) is 27.4 Å². The molecule has 0 saturated heterocycles. The predicted molar refractivity (Wildman–Crippen MR) is 294 cm³/mol. The van der Waals surface area contributed by atoms with Gasteiger partial charge in [-0.15, -0.1) is 0 Å². The highest BCUT2D eigenvalue weighted by Gasteiger charge is 2.36. The van der Waals surface area contributed by atoms with Crippen LogP contribution in [0.3, 0.4) is 0 Å². The van der Waals surface area contributed by atoms with E-state index in [0.717, 1.165) is 57.5 Å². The molecule has 2 amide bonds. The number of aliphatic hydroxyl groups excluding tert-OH is 1. The first-order chi connectivity index (χ1) is 39.3. The summed E-state index contributed by atoms with van der Waals surface area (Å²) in [4.78, 5) is 62.9. The third-order valence-electron chi connectivity index (χ3n) is 13.8.